The average Bonchev–Trinajstić information content (AvgIpc) is 2.95. The summed E-state index contributed by atoms with van der Waals surface area (Å²) in [4.78, 5) is 0.707. The summed E-state index contributed by atoms with van der Waals surface area (Å²) in [5.41, 5.74) is 3.58. The second-order valence-electron chi connectivity index (χ2n) is 5.37. The molecule has 0 fully saturated rings. The zero-order valence-electron chi connectivity index (χ0n) is 14.3. The molecule has 0 radical (unpaired) electrons. The van der Waals surface area contributed by atoms with Gasteiger partial charge in [0, 0.05) is 5.56 Å². The van der Waals surface area contributed by atoms with Gasteiger partial charge in [-0.1, -0.05) is 68.8 Å². The van der Waals surface area contributed by atoms with Gasteiger partial charge in [-0.15, -0.1) is 0 Å². The maximum absolute atomic E-state index is 11.7. The third-order valence-corrected chi connectivity index (χ3v) is 7.58. The molecule has 0 spiro atoms. The fourth-order valence-corrected chi connectivity index (χ4v) is 6.11. The van der Waals surface area contributed by atoms with Gasteiger partial charge < -0.3 is 4.74 Å². The monoisotopic (exact) mass is 433 g/mol. The van der Waals surface area contributed by atoms with Gasteiger partial charge >= 0.3 is 29.6 Å². The SMILES string of the molecule is COc1ccc(-c2c(-c3cccc(C)c3)ssc2=S)cc1S(=O)(=O)O.[Na+]. The second kappa shape index (κ2) is 8.62. The minimum absolute atomic E-state index is 0. The topological polar surface area (TPSA) is 63.6 Å². The van der Waals surface area contributed by atoms with E-state index in [4.69, 9.17) is 17.0 Å². The van der Waals surface area contributed by atoms with E-state index in [0.29, 0.717) is 9.39 Å². The van der Waals surface area contributed by atoms with Crippen molar-refractivity contribution in [2.45, 2.75) is 11.8 Å². The first-order chi connectivity index (χ1) is 11.8. The van der Waals surface area contributed by atoms with Crippen LogP contribution in [0.25, 0.3) is 21.6 Å². The van der Waals surface area contributed by atoms with Crippen molar-refractivity contribution in [3.05, 3.63) is 51.9 Å². The molecule has 26 heavy (non-hydrogen) atoms. The third-order valence-electron chi connectivity index (χ3n) is 3.64. The van der Waals surface area contributed by atoms with Crippen LogP contribution >= 0.6 is 32.9 Å². The van der Waals surface area contributed by atoms with Crippen LogP contribution in [0, 0.1) is 10.7 Å². The van der Waals surface area contributed by atoms with Gasteiger partial charge in [-0.05, 0) is 30.2 Å². The molecule has 0 aliphatic rings. The third kappa shape index (κ3) is 4.45. The van der Waals surface area contributed by atoms with Crippen LogP contribution in [-0.4, -0.2) is 20.1 Å². The first kappa shape index (κ1) is 21.7. The molecule has 2 aromatic carbocycles. The smallest absolute Gasteiger partial charge is 0.495 e. The summed E-state index contributed by atoms with van der Waals surface area (Å²) in [5.74, 6) is 0.0909. The fourth-order valence-electron chi connectivity index (χ4n) is 2.52. The standard InChI is InChI=1S/C17H14O4S4.Na/c1-10-4-3-5-12(8-10)16-15(17(22)24-23-16)11-6-7-13(21-2)14(9-11)25(18,19)20;/h3-9H,1-2H3,(H,18,19,20);/q;+1. The van der Waals surface area contributed by atoms with Gasteiger partial charge in [-0.25, -0.2) is 0 Å². The normalized spacial score (nSPS) is 11.0. The van der Waals surface area contributed by atoms with Gasteiger partial charge in [-0.3, -0.25) is 4.55 Å². The van der Waals surface area contributed by atoms with Gasteiger partial charge in [0.2, 0.25) is 0 Å². The Bertz CT molecular complexity index is 1100. The molecule has 130 valence electrons. The number of hydrogen-bond acceptors (Lipinski definition) is 6. The quantitative estimate of drug-likeness (QED) is 0.296. The van der Waals surface area contributed by atoms with Crippen molar-refractivity contribution in [3.63, 3.8) is 0 Å². The van der Waals surface area contributed by atoms with Crippen LogP contribution in [0.5, 0.6) is 5.75 Å². The van der Waals surface area contributed by atoms with Crippen LogP contribution < -0.4 is 34.3 Å². The second-order valence-corrected chi connectivity index (χ2v) is 9.57. The summed E-state index contributed by atoms with van der Waals surface area (Å²) in [5, 5.41) is 0. The Balaban J connectivity index is 0.00000243. The predicted molar refractivity (Wildman–Crippen MR) is 105 cm³/mol. The Kier molecular flexibility index (Phi) is 7.20. The Morgan fingerprint density at radius 1 is 1.08 bits per heavy atom. The van der Waals surface area contributed by atoms with E-state index in [-0.39, 0.29) is 40.2 Å². The molecule has 9 heteroatoms. The van der Waals surface area contributed by atoms with E-state index in [2.05, 4.69) is 6.07 Å². The van der Waals surface area contributed by atoms with Crippen molar-refractivity contribution in [2.75, 3.05) is 7.11 Å². The molecule has 1 N–H and O–H groups in total. The summed E-state index contributed by atoms with van der Waals surface area (Å²) in [6.45, 7) is 2.01. The van der Waals surface area contributed by atoms with Crippen molar-refractivity contribution in [1.82, 2.24) is 0 Å². The van der Waals surface area contributed by atoms with E-state index in [1.807, 2.05) is 25.1 Å². The van der Waals surface area contributed by atoms with Crippen LogP contribution in [0.2, 0.25) is 0 Å². The van der Waals surface area contributed by atoms with E-state index < -0.39 is 10.1 Å². The molecule has 1 heterocycles. The zero-order chi connectivity index (χ0) is 18.2. The van der Waals surface area contributed by atoms with E-state index in [0.717, 1.165) is 21.6 Å². The number of ether oxygens (including phenoxy) is 1. The van der Waals surface area contributed by atoms with Crippen molar-refractivity contribution in [1.29, 1.82) is 0 Å². The van der Waals surface area contributed by atoms with Gasteiger partial charge in [-0.2, -0.15) is 8.42 Å². The summed E-state index contributed by atoms with van der Waals surface area (Å²) < 4.78 is 38.6. The van der Waals surface area contributed by atoms with Gasteiger partial charge in [0.15, 0.2) is 0 Å². The largest absolute Gasteiger partial charge is 1.00 e. The molecule has 0 bridgehead atoms. The molecule has 0 saturated heterocycles. The van der Waals surface area contributed by atoms with Crippen LogP contribution in [0.3, 0.4) is 0 Å². The summed E-state index contributed by atoms with van der Waals surface area (Å²) in [6, 6.07) is 12.7. The van der Waals surface area contributed by atoms with Crippen molar-refractivity contribution < 1.29 is 47.3 Å². The summed E-state index contributed by atoms with van der Waals surface area (Å²) in [6.07, 6.45) is 0. The molecule has 0 saturated carbocycles. The number of hydrogen-bond donors (Lipinski definition) is 1. The van der Waals surface area contributed by atoms with E-state index in [9.17, 15) is 13.0 Å². The number of methoxy groups -OCH3 is 1. The van der Waals surface area contributed by atoms with Crippen molar-refractivity contribution in [3.8, 4) is 27.3 Å². The fraction of sp³-hybridized carbons (Fsp3) is 0.118. The molecule has 3 aromatic rings. The van der Waals surface area contributed by atoms with Crippen molar-refractivity contribution in [2.24, 2.45) is 0 Å². The predicted octanol–water partition coefficient (Wildman–Crippen LogP) is 2.44. The first-order valence-corrected chi connectivity index (χ1v) is 11.2. The summed E-state index contributed by atoms with van der Waals surface area (Å²) >= 11 is 5.47. The Labute approximate surface area is 186 Å². The minimum atomic E-state index is -4.41. The van der Waals surface area contributed by atoms with E-state index >= 15 is 0 Å². The number of benzene rings is 2. The molecular formula is C17H14NaO4S4+. The molecule has 4 nitrogen and oxygen atoms in total. The molecule has 0 aliphatic carbocycles. The first-order valence-electron chi connectivity index (χ1n) is 7.17. The zero-order valence-corrected chi connectivity index (χ0v) is 19.6. The van der Waals surface area contributed by atoms with Crippen LogP contribution in [-0.2, 0) is 10.1 Å². The minimum Gasteiger partial charge on any atom is -0.495 e. The number of aryl methyl sites for hydroxylation is 1. The summed E-state index contributed by atoms with van der Waals surface area (Å²) in [7, 11) is -0.0407. The Morgan fingerprint density at radius 3 is 2.42 bits per heavy atom. The molecule has 0 atom stereocenters. The number of rotatable bonds is 4. The Hall–Kier alpha value is -0.580. The van der Waals surface area contributed by atoms with Crippen LogP contribution in [0.15, 0.2) is 47.4 Å². The van der Waals surface area contributed by atoms with Gasteiger partial charge in [0.1, 0.15) is 14.5 Å². The molecule has 1 aromatic heterocycles. The van der Waals surface area contributed by atoms with Gasteiger partial charge in [0.05, 0.1) is 12.0 Å². The van der Waals surface area contributed by atoms with Gasteiger partial charge in [0.25, 0.3) is 10.1 Å². The molecule has 0 unspecified atom stereocenters. The van der Waals surface area contributed by atoms with E-state index in [1.54, 1.807) is 16.4 Å². The molecule has 0 aliphatic heterocycles. The molecule has 0 amide bonds. The van der Waals surface area contributed by atoms with Crippen LogP contribution in [0.1, 0.15) is 5.56 Å². The maximum atomic E-state index is 11.7. The van der Waals surface area contributed by atoms with E-state index in [1.165, 1.54) is 29.6 Å². The maximum Gasteiger partial charge on any atom is 1.00 e. The average molecular weight is 434 g/mol. The van der Waals surface area contributed by atoms with Crippen molar-refractivity contribution >= 4 is 43.0 Å². The Morgan fingerprint density at radius 2 is 1.81 bits per heavy atom. The molecular weight excluding hydrogens is 419 g/mol. The van der Waals surface area contributed by atoms with Crippen LogP contribution in [0.4, 0.5) is 0 Å². The molecule has 3 rings (SSSR count).